The normalized spacial score (nSPS) is 14.4. The molecule has 0 atom stereocenters. The third-order valence-electron chi connectivity index (χ3n) is 3.20. The Bertz CT molecular complexity index is 615. The molecule has 0 amide bonds. The lowest BCUT2D eigenvalue weighted by molar-refractivity contribution is 0.0593. The molecule has 0 saturated heterocycles. The van der Waals surface area contributed by atoms with Crippen LogP contribution in [0.4, 0.5) is 4.39 Å². The molecule has 1 aliphatic carbocycles. The van der Waals surface area contributed by atoms with Gasteiger partial charge in [-0.2, -0.15) is 5.10 Å². The Morgan fingerprint density at radius 3 is 2.63 bits per heavy atom. The van der Waals surface area contributed by atoms with E-state index < -0.39 is 5.97 Å². The number of esters is 1. The van der Waals surface area contributed by atoms with Crippen LogP contribution in [0.1, 0.15) is 34.9 Å². The predicted molar refractivity (Wildman–Crippen MR) is 66.8 cm³/mol. The van der Waals surface area contributed by atoms with E-state index in [1.54, 1.807) is 22.9 Å². The summed E-state index contributed by atoms with van der Waals surface area (Å²) in [6.07, 6.45) is 2.18. The Kier molecular flexibility index (Phi) is 2.81. The van der Waals surface area contributed by atoms with Crippen molar-refractivity contribution in [3.8, 4) is 5.69 Å². The Hall–Kier alpha value is -2.17. The van der Waals surface area contributed by atoms with Gasteiger partial charge in [-0.15, -0.1) is 0 Å². The maximum absolute atomic E-state index is 13.0. The lowest BCUT2D eigenvalue weighted by atomic mass is 10.2. The second kappa shape index (κ2) is 4.50. The first-order chi connectivity index (χ1) is 9.19. The molecule has 1 aliphatic rings. The predicted octanol–water partition coefficient (Wildman–Crippen LogP) is 2.68. The topological polar surface area (TPSA) is 44.1 Å². The monoisotopic (exact) mass is 260 g/mol. The highest BCUT2D eigenvalue weighted by molar-refractivity contribution is 5.87. The summed E-state index contributed by atoms with van der Waals surface area (Å²) in [5.41, 5.74) is 2.01. The van der Waals surface area contributed by atoms with E-state index in [-0.39, 0.29) is 11.5 Å². The van der Waals surface area contributed by atoms with Crippen molar-refractivity contribution in [3.05, 3.63) is 47.5 Å². The molecule has 0 aliphatic heterocycles. The van der Waals surface area contributed by atoms with E-state index in [1.165, 1.54) is 19.2 Å². The number of benzene rings is 1. The smallest absolute Gasteiger partial charge is 0.358 e. The number of hydrogen-bond acceptors (Lipinski definition) is 3. The number of aromatic nitrogens is 2. The van der Waals surface area contributed by atoms with E-state index in [0.29, 0.717) is 5.92 Å². The van der Waals surface area contributed by atoms with Gasteiger partial charge in [0.05, 0.1) is 12.8 Å². The fraction of sp³-hybridized carbons (Fsp3) is 0.286. The van der Waals surface area contributed by atoms with Crippen LogP contribution in [0.25, 0.3) is 5.69 Å². The SMILES string of the molecule is COC(=O)c1cc(C2CC2)n(-c2ccc(F)cc2)n1. The van der Waals surface area contributed by atoms with Crippen molar-refractivity contribution in [3.63, 3.8) is 0 Å². The minimum atomic E-state index is -0.456. The Labute approximate surface area is 109 Å². The Morgan fingerprint density at radius 1 is 1.37 bits per heavy atom. The molecule has 2 aromatic rings. The van der Waals surface area contributed by atoms with Crippen LogP contribution >= 0.6 is 0 Å². The second-order valence-corrected chi connectivity index (χ2v) is 4.61. The van der Waals surface area contributed by atoms with Crippen molar-refractivity contribution in [2.24, 2.45) is 0 Å². The molecule has 4 nitrogen and oxygen atoms in total. The average Bonchev–Trinajstić information content (AvgIpc) is 3.18. The molecule has 5 heteroatoms. The van der Waals surface area contributed by atoms with Gasteiger partial charge in [0.25, 0.3) is 0 Å². The van der Waals surface area contributed by atoms with Crippen molar-refractivity contribution in [2.45, 2.75) is 18.8 Å². The van der Waals surface area contributed by atoms with E-state index in [4.69, 9.17) is 0 Å². The number of nitrogens with zero attached hydrogens (tertiary/aromatic N) is 2. The summed E-state index contributed by atoms with van der Waals surface area (Å²) in [6, 6.07) is 7.81. The van der Waals surface area contributed by atoms with Gasteiger partial charge in [0.2, 0.25) is 0 Å². The van der Waals surface area contributed by atoms with Gasteiger partial charge in [0.15, 0.2) is 5.69 Å². The van der Waals surface area contributed by atoms with Gasteiger partial charge >= 0.3 is 5.97 Å². The molecule has 0 bridgehead atoms. The second-order valence-electron chi connectivity index (χ2n) is 4.61. The van der Waals surface area contributed by atoms with Crippen molar-refractivity contribution in [2.75, 3.05) is 7.11 Å². The maximum atomic E-state index is 13.0. The number of ether oxygens (including phenoxy) is 1. The summed E-state index contributed by atoms with van der Waals surface area (Å²) >= 11 is 0. The third-order valence-corrected chi connectivity index (χ3v) is 3.20. The van der Waals surface area contributed by atoms with Gasteiger partial charge < -0.3 is 4.74 Å². The molecule has 1 aromatic carbocycles. The summed E-state index contributed by atoms with van der Waals surface area (Å²) in [7, 11) is 1.33. The molecule has 1 fully saturated rings. The number of carbonyl (C=O) groups excluding carboxylic acids is 1. The highest BCUT2D eigenvalue weighted by atomic mass is 19.1. The minimum absolute atomic E-state index is 0.286. The fourth-order valence-electron chi connectivity index (χ4n) is 2.06. The summed E-state index contributed by atoms with van der Waals surface area (Å²) in [5.74, 6) is -0.323. The highest BCUT2D eigenvalue weighted by Crippen LogP contribution is 2.41. The van der Waals surface area contributed by atoms with Crippen LogP contribution < -0.4 is 0 Å². The van der Waals surface area contributed by atoms with E-state index in [0.717, 1.165) is 24.2 Å². The van der Waals surface area contributed by atoms with E-state index in [1.807, 2.05) is 0 Å². The quantitative estimate of drug-likeness (QED) is 0.797. The molecule has 0 spiro atoms. The average molecular weight is 260 g/mol. The molecule has 1 saturated carbocycles. The molecular weight excluding hydrogens is 247 g/mol. The summed E-state index contributed by atoms with van der Waals surface area (Å²) in [6.45, 7) is 0. The van der Waals surface area contributed by atoms with Gasteiger partial charge in [0, 0.05) is 11.6 Å². The minimum Gasteiger partial charge on any atom is -0.464 e. The first-order valence-corrected chi connectivity index (χ1v) is 6.13. The maximum Gasteiger partial charge on any atom is 0.358 e. The number of carbonyl (C=O) groups is 1. The first-order valence-electron chi connectivity index (χ1n) is 6.13. The molecule has 0 radical (unpaired) electrons. The molecular formula is C14H13FN2O2. The zero-order chi connectivity index (χ0) is 13.4. The number of halogens is 1. The molecule has 0 unspecified atom stereocenters. The molecule has 98 valence electrons. The summed E-state index contributed by atoms with van der Waals surface area (Å²) in [5, 5.41) is 4.26. The number of rotatable bonds is 3. The van der Waals surface area contributed by atoms with Crippen LogP contribution in [-0.4, -0.2) is 22.9 Å². The third kappa shape index (κ3) is 2.23. The van der Waals surface area contributed by atoms with E-state index >= 15 is 0 Å². The molecule has 0 N–H and O–H groups in total. The number of methoxy groups -OCH3 is 1. The van der Waals surface area contributed by atoms with Gasteiger partial charge in [-0.05, 0) is 43.2 Å². The molecule has 1 aromatic heterocycles. The Balaban J connectivity index is 2.05. The van der Waals surface area contributed by atoms with Crippen molar-refractivity contribution in [1.29, 1.82) is 0 Å². The Morgan fingerprint density at radius 2 is 2.05 bits per heavy atom. The van der Waals surface area contributed by atoms with Gasteiger partial charge in [-0.25, -0.2) is 13.9 Å². The lowest BCUT2D eigenvalue weighted by Gasteiger charge is -2.05. The van der Waals surface area contributed by atoms with Crippen LogP contribution in [-0.2, 0) is 4.74 Å². The fourth-order valence-corrected chi connectivity index (χ4v) is 2.06. The summed E-state index contributed by atoms with van der Waals surface area (Å²) in [4.78, 5) is 11.5. The zero-order valence-corrected chi connectivity index (χ0v) is 10.5. The molecule has 19 heavy (non-hydrogen) atoms. The van der Waals surface area contributed by atoms with E-state index in [2.05, 4.69) is 9.84 Å². The van der Waals surface area contributed by atoms with Crippen LogP contribution in [0.5, 0.6) is 0 Å². The number of hydrogen-bond donors (Lipinski definition) is 0. The van der Waals surface area contributed by atoms with Crippen molar-refractivity contribution in [1.82, 2.24) is 9.78 Å². The lowest BCUT2D eigenvalue weighted by Crippen LogP contribution is -2.05. The van der Waals surface area contributed by atoms with Crippen molar-refractivity contribution >= 4 is 5.97 Å². The van der Waals surface area contributed by atoms with Crippen LogP contribution in [0.2, 0.25) is 0 Å². The van der Waals surface area contributed by atoms with Gasteiger partial charge in [0.1, 0.15) is 5.82 Å². The van der Waals surface area contributed by atoms with Crippen LogP contribution in [0.3, 0.4) is 0 Å². The van der Waals surface area contributed by atoms with Gasteiger partial charge in [-0.1, -0.05) is 0 Å². The standard InChI is InChI=1S/C14H13FN2O2/c1-19-14(18)12-8-13(9-2-3-9)17(16-12)11-6-4-10(15)5-7-11/h4-9H,2-3H2,1H3. The van der Waals surface area contributed by atoms with Gasteiger partial charge in [-0.3, -0.25) is 0 Å². The first kappa shape index (κ1) is 11.9. The van der Waals surface area contributed by atoms with E-state index in [9.17, 15) is 9.18 Å². The van der Waals surface area contributed by atoms with Crippen molar-refractivity contribution < 1.29 is 13.9 Å². The largest absolute Gasteiger partial charge is 0.464 e. The van der Waals surface area contributed by atoms with Crippen LogP contribution in [0, 0.1) is 5.82 Å². The highest BCUT2D eigenvalue weighted by Gasteiger charge is 2.29. The molecule has 1 heterocycles. The molecule has 3 rings (SSSR count). The zero-order valence-electron chi connectivity index (χ0n) is 10.5. The van der Waals surface area contributed by atoms with Crippen LogP contribution in [0.15, 0.2) is 30.3 Å². The summed E-state index contributed by atoms with van der Waals surface area (Å²) < 4.78 is 19.3.